The molecule has 0 spiro atoms. The van der Waals surface area contributed by atoms with Gasteiger partial charge < -0.3 is 80.5 Å². The van der Waals surface area contributed by atoms with Crippen molar-refractivity contribution in [2.75, 3.05) is 19.8 Å². The maximum Gasteiger partial charge on any atom is 0.187 e. The van der Waals surface area contributed by atoms with Crippen LogP contribution in [0, 0.1) is 0 Å². The van der Waals surface area contributed by atoms with Gasteiger partial charge in [-0.25, -0.2) is 0 Å². The molecule has 200 valence electrons. The number of hydrogen-bond donors (Lipinski definition) is 11. The predicted octanol–water partition coefficient (Wildman–Crippen LogP) is -7.61. The first-order valence-electron chi connectivity index (χ1n) is 10.7. The van der Waals surface area contributed by atoms with Gasteiger partial charge in [-0.15, -0.1) is 0 Å². The molecule has 0 bridgehead atoms. The molecule has 0 aromatic rings. The second-order valence-electron chi connectivity index (χ2n) is 8.42. The molecular formula is C18H33NO15. The molecule has 0 amide bonds. The maximum absolute atomic E-state index is 10.8. The van der Waals surface area contributed by atoms with Gasteiger partial charge in [-0.2, -0.15) is 0 Å². The van der Waals surface area contributed by atoms with Crippen LogP contribution >= 0.6 is 0 Å². The highest BCUT2D eigenvalue weighted by Crippen LogP contribution is 2.32. The summed E-state index contributed by atoms with van der Waals surface area (Å²) in [6, 6.07) is -1.34. The highest BCUT2D eigenvalue weighted by molar-refractivity contribution is 4.96. The van der Waals surface area contributed by atoms with E-state index >= 15 is 0 Å². The van der Waals surface area contributed by atoms with Crippen LogP contribution in [0.4, 0.5) is 0 Å². The lowest BCUT2D eigenvalue weighted by molar-refractivity contribution is -0.374. The largest absolute Gasteiger partial charge is 0.394 e. The van der Waals surface area contributed by atoms with Crippen molar-refractivity contribution in [1.82, 2.24) is 0 Å². The van der Waals surface area contributed by atoms with Crippen LogP contribution < -0.4 is 5.73 Å². The van der Waals surface area contributed by atoms with Crippen molar-refractivity contribution in [1.29, 1.82) is 0 Å². The zero-order valence-electron chi connectivity index (χ0n) is 17.9. The van der Waals surface area contributed by atoms with Gasteiger partial charge in [-0.05, 0) is 0 Å². The lowest BCUT2D eigenvalue weighted by Gasteiger charge is -2.48. The molecule has 34 heavy (non-hydrogen) atoms. The van der Waals surface area contributed by atoms with Crippen molar-refractivity contribution in [3.8, 4) is 0 Å². The first-order chi connectivity index (χ1) is 16.0. The lowest BCUT2D eigenvalue weighted by Crippen LogP contribution is -2.67. The summed E-state index contributed by atoms with van der Waals surface area (Å²) in [7, 11) is 0. The van der Waals surface area contributed by atoms with E-state index in [4.69, 9.17) is 29.4 Å². The molecule has 16 heteroatoms. The van der Waals surface area contributed by atoms with E-state index in [9.17, 15) is 51.1 Å². The molecule has 16 nitrogen and oxygen atoms in total. The Morgan fingerprint density at radius 1 is 0.529 bits per heavy atom. The molecule has 3 heterocycles. The molecule has 3 rings (SSSR count). The minimum atomic E-state index is -1.86. The average molecular weight is 503 g/mol. The van der Waals surface area contributed by atoms with Gasteiger partial charge in [0.15, 0.2) is 18.9 Å². The van der Waals surface area contributed by atoms with E-state index < -0.39 is 112 Å². The van der Waals surface area contributed by atoms with E-state index in [0.29, 0.717) is 0 Å². The Labute approximate surface area is 193 Å². The highest BCUT2D eigenvalue weighted by Gasteiger charge is 2.53. The first-order valence-corrected chi connectivity index (χ1v) is 10.7. The first kappa shape index (κ1) is 27.9. The lowest BCUT2D eigenvalue weighted by atomic mass is 9.95. The van der Waals surface area contributed by atoms with Crippen LogP contribution in [0.1, 0.15) is 0 Å². The quantitative estimate of drug-likeness (QED) is 0.154. The van der Waals surface area contributed by atoms with Crippen LogP contribution in [0.25, 0.3) is 0 Å². The number of aliphatic hydroxyl groups excluding tert-OH is 10. The van der Waals surface area contributed by atoms with Crippen LogP contribution in [0.5, 0.6) is 0 Å². The van der Waals surface area contributed by atoms with E-state index in [-0.39, 0.29) is 0 Å². The normalized spacial score (nSPS) is 52.5. The fraction of sp³-hybridized carbons (Fsp3) is 1.00. The summed E-state index contributed by atoms with van der Waals surface area (Å²) in [5, 5.41) is 99.9. The molecule has 15 atom stereocenters. The monoisotopic (exact) mass is 503 g/mol. The maximum atomic E-state index is 10.8. The summed E-state index contributed by atoms with van der Waals surface area (Å²) in [5.74, 6) is 0. The number of ether oxygens (including phenoxy) is 5. The van der Waals surface area contributed by atoms with E-state index in [1.807, 2.05) is 0 Å². The average Bonchev–Trinajstić information content (AvgIpc) is 2.83. The van der Waals surface area contributed by atoms with Gasteiger partial charge in [-0.1, -0.05) is 0 Å². The summed E-state index contributed by atoms with van der Waals surface area (Å²) < 4.78 is 26.7. The fourth-order valence-electron chi connectivity index (χ4n) is 4.09. The zero-order chi connectivity index (χ0) is 25.3. The van der Waals surface area contributed by atoms with Crippen molar-refractivity contribution in [3.05, 3.63) is 0 Å². The molecule has 3 saturated heterocycles. The molecule has 10 unspecified atom stereocenters. The molecule has 0 aromatic heterocycles. The van der Waals surface area contributed by atoms with Gasteiger partial charge in [0.25, 0.3) is 0 Å². The van der Waals surface area contributed by atoms with Crippen molar-refractivity contribution >= 4 is 0 Å². The topological polar surface area (TPSA) is 274 Å². The van der Waals surface area contributed by atoms with Gasteiger partial charge >= 0.3 is 0 Å². The molecule has 0 saturated carbocycles. The van der Waals surface area contributed by atoms with Crippen LogP contribution in [0.2, 0.25) is 0 Å². The molecule has 0 aromatic carbocycles. The number of aliphatic hydroxyl groups is 10. The third-order valence-electron chi connectivity index (χ3n) is 6.17. The number of hydrogen-bond acceptors (Lipinski definition) is 16. The minimum Gasteiger partial charge on any atom is -0.394 e. The van der Waals surface area contributed by atoms with Crippen LogP contribution in [0.15, 0.2) is 0 Å². The van der Waals surface area contributed by atoms with E-state index in [1.54, 1.807) is 0 Å². The molecule has 3 aliphatic heterocycles. The van der Waals surface area contributed by atoms with Gasteiger partial charge in [0.05, 0.1) is 25.9 Å². The summed E-state index contributed by atoms with van der Waals surface area (Å²) in [5.41, 5.74) is 5.66. The van der Waals surface area contributed by atoms with Crippen LogP contribution in [-0.4, -0.2) is 163 Å². The van der Waals surface area contributed by atoms with Gasteiger partial charge in [0.1, 0.15) is 67.1 Å². The smallest absolute Gasteiger partial charge is 0.187 e. The van der Waals surface area contributed by atoms with E-state index in [0.717, 1.165) is 0 Å². The van der Waals surface area contributed by atoms with E-state index in [1.165, 1.54) is 0 Å². The van der Waals surface area contributed by atoms with Crippen LogP contribution in [-0.2, 0) is 23.7 Å². The molecular weight excluding hydrogens is 470 g/mol. The van der Waals surface area contributed by atoms with Gasteiger partial charge in [0.2, 0.25) is 0 Å². The van der Waals surface area contributed by atoms with E-state index in [2.05, 4.69) is 0 Å². The summed E-state index contributed by atoms with van der Waals surface area (Å²) >= 11 is 0. The minimum absolute atomic E-state index is 0.717. The Balaban J connectivity index is 1.78. The fourth-order valence-corrected chi connectivity index (χ4v) is 4.09. The second kappa shape index (κ2) is 11.6. The standard InChI is InChI=1S/C18H33NO15/c19-7-10(25)14(6(3-22)30-16(7)29)33-18-13(28)15(9(24)5(2-21)32-18)34-17-12(27)11(26)8(23)4(1-20)31-17/h4-18,20-29H,1-3,19H2/t4?,5?,6?,7?,8-,9+,10?,11?,12?,13?,14-,15?,16+,17-,18?/m0/s1. The van der Waals surface area contributed by atoms with Crippen LogP contribution in [0.3, 0.4) is 0 Å². The summed E-state index contributed by atoms with van der Waals surface area (Å²) in [6.45, 7) is -2.25. The Morgan fingerprint density at radius 2 is 1.03 bits per heavy atom. The molecule has 12 N–H and O–H groups in total. The van der Waals surface area contributed by atoms with Crippen molar-refractivity contribution in [3.63, 3.8) is 0 Å². The Hall–Kier alpha value is -0.640. The highest BCUT2D eigenvalue weighted by atomic mass is 16.7. The SMILES string of the molecule is NC1C(O)[C@@H](OC2OC(CO)[C@@H](O)C(O[C@@H]3OC(CO)[C@H](O)C(O)C3O)C2O)C(CO)O[C@H]1O. The molecule has 0 aliphatic carbocycles. The molecule has 3 aliphatic rings. The Morgan fingerprint density at radius 3 is 1.59 bits per heavy atom. The summed E-state index contributed by atoms with van der Waals surface area (Å²) in [6.07, 6.45) is -22.7. The third-order valence-corrected chi connectivity index (χ3v) is 6.17. The second-order valence-corrected chi connectivity index (χ2v) is 8.42. The van der Waals surface area contributed by atoms with Crippen molar-refractivity contribution in [2.24, 2.45) is 5.73 Å². The number of nitrogens with two attached hydrogens (primary N) is 1. The molecule has 0 radical (unpaired) electrons. The van der Waals surface area contributed by atoms with Gasteiger partial charge in [0, 0.05) is 0 Å². The third kappa shape index (κ3) is 5.37. The van der Waals surface area contributed by atoms with Crippen molar-refractivity contribution in [2.45, 2.75) is 92.1 Å². The summed E-state index contributed by atoms with van der Waals surface area (Å²) in [4.78, 5) is 0. The Kier molecular flexibility index (Phi) is 9.54. The Bertz CT molecular complexity index is 642. The zero-order valence-corrected chi connectivity index (χ0v) is 17.9. The van der Waals surface area contributed by atoms with Crippen molar-refractivity contribution < 1.29 is 74.7 Å². The number of rotatable bonds is 7. The predicted molar refractivity (Wildman–Crippen MR) is 103 cm³/mol. The van der Waals surface area contributed by atoms with Gasteiger partial charge in [-0.3, -0.25) is 0 Å². The molecule has 3 fully saturated rings.